The average molecular weight is 302 g/mol. The van der Waals surface area contributed by atoms with Crippen molar-refractivity contribution >= 4 is 11.6 Å². The number of hydrogen-bond donors (Lipinski definition) is 2. The van der Waals surface area contributed by atoms with Crippen molar-refractivity contribution < 1.29 is 13.9 Å². The highest BCUT2D eigenvalue weighted by molar-refractivity contribution is 5.58. The van der Waals surface area contributed by atoms with Gasteiger partial charge in [0.1, 0.15) is 17.5 Å². The lowest BCUT2D eigenvalue weighted by atomic mass is 10.2. The van der Waals surface area contributed by atoms with E-state index in [4.69, 9.17) is 5.11 Å². The van der Waals surface area contributed by atoms with E-state index in [2.05, 4.69) is 15.3 Å². The van der Waals surface area contributed by atoms with Crippen LogP contribution in [0, 0.1) is 6.92 Å². The lowest BCUT2D eigenvalue weighted by Crippen LogP contribution is -2.33. The molecule has 0 unspecified atom stereocenters. The van der Waals surface area contributed by atoms with Gasteiger partial charge in [-0.3, -0.25) is 0 Å². The minimum absolute atomic E-state index is 0.124. The van der Waals surface area contributed by atoms with Gasteiger partial charge in [0.15, 0.2) is 0 Å². The lowest BCUT2D eigenvalue weighted by Gasteiger charge is -2.25. The van der Waals surface area contributed by atoms with Crippen LogP contribution in [0.5, 0.6) is 0 Å². The Morgan fingerprint density at radius 1 is 1.29 bits per heavy atom. The van der Waals surface area contributed by atoms with Gasteiger partial charge in [0, 0.05) is 25.1 Å². The van der Waals surface area contributed by atoms with Gasteiger partial charge in [0.05, 0.1) is 13.2 Å². The molecule has 1 heterocycles. The zero-order chi connectivity index (χ0) is 15.8. The van der Waals surface area contributed by atoms with Gasteiger partial charge in [-0.1, -0.05) is 13.8 Å². The van der Waals surface area contributed by atoms with Crippen LogP contribution in [0.1, 0.15) is 31.7 Å². The van der Waals surface area contributed by atoms with E-state index in [-0.39, 0.29) is 13.2 Å². The fraction of sp³-hybridized carbons (Fsp3) is 0.714. The zero-order valence-corrected chi connectivity index (χ0v) is 12.9. The maximum atomic E-state index is 12.7. The van der Waals surface area contributed by atoms with Crippen molar-refractivity contribution in [2.24, 2.45) is 0 Å². The summed E-state index contributed by atoms with van der Waals surface area (Å²) in [6.45, 7) is 6.00. The predicted octanol–water partition coefficient (Wildman–Crippen LogP) is 2.23. The molecule has 5 nitrogen and oxygen atoms in total. The Balaban J connectivity index is 3.16. The van der Waals surface area contributed by atoms with Gasteiger partial charge in [0.25, 0.3) is 6.43 Å². The zero-order valence-electron chi connectivity index (χ0n) is 12.9. The van der Waals surface area contributed by atoms with E-state index in [1.165, 1.54) is 4.90 Å². The number of rotatable bonds is 9. The van der Waals surface area contributed by atoms with Crippen molar-refractivity contribution in [3.05, 3.63) is 11.4 Å². The van der Waals surface area contributed by atoms with Crippen molar-refractivity contribution in [2.75, 3.05) is 36.5 Å². The number of aliphatic hydroxyl groups is 1. The molecule has 0 aliphatic carbocycles. The molecule has 0 saturated carbocycles. The van der Waals surface area contributed by atoms with Crippen LogP contribution in [0.4, 0.5) is 20.4 Å². The van der Waals surface area contributed by atoms with E-state index >= 15 is 0 Å². The highest BCUT2D eigenvalue weighted by atomic mass is 19.3. The molecule has 0 fully saturated rings. The number of aromatic nitrogens is 2. The summed E-state index contributed by atoms with van der Waals surface area (Å²) in [5.74, 6) is 1.75. The van der Waals surface area contributed by atoms with E-state index in [0.717, 1.165) is 18.5 Å². The van der Waals surface area contributed by atoms with Gasteiger partial charge in [0.2, 0.25) is 0 Å². The summed E-state index contributed by atoms with van der Waals surface area (Å²) in [6.07, 6.45) is -0.920. The number of aliphatic hydroxyl groups excluding tert-OH is 1. The minimum Gasteiger partial charge on any atom is -0.395 e. The van der Waals surface area contributed by atoms with E-state index in [9.17, 15) is 8.78 Å². The van der Waals surface area contributed by atoms with Crippen LogP contribution in [0.25, 0.3) is 0 Å². The van der Waals surface area contributed by atoms with Crippen molar-refractivity contribution in [3.8, 4) is 0 Å². The first-order chi connectivity index (χ1) is 10.0. The molecule has 0 spiro atoms. The Morgan fingerprint density at radius 2 is 2.00 bits per heavy atom. The molecule has 1 aromatic heterocycles. The van der Waals surface area contributed by atoms with Crippen LogP contribution in [0.3, 0.4) is 0 Å². The molecule has 1 rings (SSSR count). The smallest absolute Gasteiger partial charge is 0.255 e. The normalized spacial score (nSPS) is 11.0. The second-order valence-corrected chi connectivity index (χ2v) is 4.78. The molecular weight excluding hydrogens is 278 g/mol. The Kier molecular flexibility index (Phi) is 7.28. The largest absolute Gasteiger partial charge is 0.395 e. The van der Waals surface area contributed by atoms with Crippen LogP contribution in [-0.2, 0) is 6.42 Å². The summed E-state index contributed by atoms with van der Waals surface area (Å²) in [7, 11) is 0. The van der Waals surface area contributed by atoms with Crippen LogP contribution < -0.4 is 10.2 Å². The van der Waals surface area contributed by atoms with Gasteiger partial charge in [-0.05, 0) is 13.3 Å². The van der Waals surface area contributed by atoms with Crippen molar-refractivity contribution in [1.29, 1.82) is 0 Å². The van der Waals surface area contributed by atoms with E-state index in [1.807, 2.05) is 20.8 Å². The predicted molar refractivity (Wildman–Crippen MR) is 80.2 cm³/mol. The molecule has 0 radical (unpaired) electrons. The van der Waals surface area contributed by atoms with Gasteiger partial charge < -0.3 is 15.3 Å². The highest BCUT2D eigenvalue weighted by Crippen LogP contribution is 2.24. The average Bonchev–Trinajstić information content (AvgIpc) is 2.45. The van der Waals surface area contributed by atoms with E-state index in [0.29, 0.717) is 23.9 Å². The fourth-order valence-corrected chi connectivity index (χ4v) is 2.00. The van der Waals surface area contributed by atoms with E-state index < -0.39 is 13.0 Å². The van der Waals surface area contributed by atoms with Crippen LogP contribution >= 0.6 is 0 Å². The SMILES string of the molecule is CCCNc1nc(CC)nc(N(CCO)CC(F)F)c1C. The third-order valence-electron chi connectivity index (χ3n) is 3.05. The lowest BCUT2D eigenvalue weighted by molar-refractivity contribution is 0.152. The minimum atomic E-state index is -2.48. The fourth-order valence-electron chi connectivity index (χ4n) is 2.00. The summed E-state index contributed by atoms with van der Waals surface area (Å²) in [5, 5.41) is 12.3. The van der Waals surface area contributed by atoms with Crippen molar-refractivity contribution in [2.45, 2.75) is 40.0 Å². The maximum absolute atomic E-state index is 12.7. The third-order valence-corrected chi connectivity index (χ3v) is 3.05. The standard InChI is InChI=1S/C14H24F2N4O/c1-4-6-17-13-10(3)14(19-12(5-2)18-13)20(7-8-21)9-11(15)16/h11,21H,4-9H2,1-3H3,(H,17,18,19). The number of nitrogens with zero attached hydrogens (tertiary/aromatic N) is 3. The van der Waals surface area contributed by atoms with Crippen LogP contribution in [0.15, 0.2) is 0 Å². The van der Waals surface area contributed by atoms with Gasteiger partial charge in [-0.15, -0.1) is 0 Å². The first-order valence-electron chi connectivity index (χ1n) is 7.28. The first-order valence-corrected chi connectivity index (χ1v) is 7.28. The number of hydrogen-bond acceptors (Lipinski definition) is 5. The van der Waals surface area contributed by atoms with Crippen molar-refractivity contribution in [1.82, 2.24) is 9.97 Å². The number of alkyl halides is 2. The Bertz CT molecular complexity index is 443. The molecule has 0 saturated heterocycles. The second-order valence-electron chi connectivity index (χ2n) is 4.78. The monoisotopic (exact) mass is 302 g/mol. The molecule has 0 aliphatic rings. The number of nitrogens with one attached hydrogen (secondary N) is 1. The van der Waals surface area contributed by atoms with Crippen LogP contribution in [0.2, 0.25) is 0 Å². The molecule has 21 heavy (non-hydrogen) atoms. The quantitative estimate of drug-likeness (QED) is 0.732. The molecule has 7 heteroatoms. The number of aryl methyl sites for hydroxylation is 1. The topological polar surface area (TPSA) is 61.3 Å². The summed E-state index contributed by atoms with van der Waals surface area (Å²) in [5.41, 5.74) is 0.731. The first kappa shape index (κ1) is 17.6. The number of halogens is 2. The van der Waals surface area contributed by atoms with E-state index in [1.54, 1.807) is 0 Å². The second kappa shape index (κ2) is 8.71. The molecule has 1 aromatic rings. The molecule has 0 aromatic carbocycles. The summed E-state index contributed by atoms with van der Waals surface area (Å²) in [6, 6.07) is 0. The summed E-state index contributed by atoms with van der Waals surface area (Å²) in [4.78, 5) is 10.2. The highest BCUT2D eigenvalue weighted by Gasteiger charge is 2.19. The van der Waals surface area contributed by atoms with Gasteiger partial charge >= 0.3 is 0 Å². The number of anilines is 2. The van der Waals surface area contributed by atoms with Crippen LogP contribution in [-0.4, -0.2) is 47.7 Å². The molecule has 2 N–H and O–H groups in total. The van der Waals surface area contributed by atoms with Crippen molar-refractivity contribution in [3.63, 3.8) is 0 Å². The maximum Gasteiger partial charge on any atom is 0.255 e. The van der Waals surface area contributed by atoms with Gasteiger partial charge in [-0.2, -0.15) is 0 Å². The Morgan fingerprint density at radius 3 is 2.52 bits per heavy atom. The summed E-state index contributed by atoms with van der Waals surface area (Å²) >= 11 is 0. The third kappa shape index (κ3) is 5.08. The molecule has 0 amide bonds. The Labute approximate surface area is 124 Å². The molecule has 0 atom stereocenters. The molecule has 120 valence electrons. The Hall–Kier alpha value is -1.50. The molecular formula is C14H24F2N4O. The molecule has 0 bridgehead atoms. The van der Waals surface area contributed by atoms with Gasteiger partial charge in [-0.25, -0.2) is 18.7 Å². The summed E-state index contributed by atoms with van der Waals surface area (Å²) < 4.78 is 25.5. The molecule has 0 aliphatic heterocycles.